The number of rotatable bonds is 4. The van der Waals surface area contributed by atoms with Crippen molar-refractivity contribution in [2.75, 3.05) is 6.26 Å². The first-order valence-electron chi connectivity index (χ1n) is 7.46. The lowest BCUT2D eigenvalue weighted by atomic mass is 9.97. The SMILES string of the molecule is CC(C)c1ccccc1-c1nc(OS(C)(=O)=O)c2cccnc2n1. The van der Waals surface area contributed by atoms with Crippen LogP contribution in [0, 0.1) is 0 Å². The van der Waals surface area contributed by atoms with Gasteiger partial charge in [-0.25, -0.2) is 9.97 Å². The van der Waals surface area contributed by atoms with E-state index in [1.54, 1.807) is 18.3 Å². The lowest BCUT2D eigenvalue weighted by Gasteiger charge is -2.13. The highest BCUT2D eigenvalue weighted by Crippen LogP contribution is 2.30. The van der Waals surface area contributed by atoms with Crippen LogP contribution < -0.4 is 4.18 Å². The van der Waals surface area contributed by atoms with E-state index in [1.807, 2.05) is 24.3 Å². The topological polar surface area (TPSA) is 82.0 Å². The Morgan fingerprint density at radius 2 is 1.79 bits per heavy atom. The van der Waals surface area contributed by atoms with Crippen LogP contribution in [0.25, 0.3) is 22.4 Å². The summed E-state index contributed by atoms with van der Waals surface area (Å²) in [6.07, 6.45) is 2.58. The Morgan fingerprint density at radius 1 is 1.04 bits per heavy atom. The molecule has 2 aromatic heterocycles. The minimum atomic E-state index is -3.71. The van der Waals surface area contributed by atoms with E-state index in [-0.39, 0.29) is 11.8 Å². The molecule has 0 unspecified atom stereocenters. The third kappa shape index (κ3) is 3.35. The molecule has 0 amide bonds. The molecule has 6 nitrogen and oxygen atoms in total. The van der Waals surface area contributed by atoms with E-state index in [2.05, 4.69) is 28.8 Å². The van der Waals surface area contributed by atoms with Crippen molar-refractivity contribution in [3.63, 3.8) is 0 Å². The maximum atomic E-state index is 11.6. The molecule has 124 valence electrons. The van der Waals surface area contributed by atoms with Crippen LogP contribution in [0.2, 0.25) is 0 Å². The Balaban J connectivity index is 2.27. The van der Waals surface area contributed by atoms with Crippen LogP contribution in [0.4, 0.5) is 0 Å². The van der Waals surface area contributed by atoms with Crippen LogP contribution in [0.15, 0.2) is 42.6 Å². The zero-order chi connectivity index (χ0) is 17.3. The molecule has 0 saturated heterocycles. The number of hydrogen-bond acceptors (Lipinski definition) is 6. The zero-order valence-corrected chi connectivity index (χ0v) is 14.4. The molecule has 0 bridgehead atoms. The van der Waals surface area contributed by atoms with Crippen LogP contribution in [0.1, 0.15) is 25.3 Å². The molecule has 24 heavy (non-hydrogen) atoms. The zero-order valence-electron chi connectivity index (χ0n) is 13.6. The summed E-state index contributed by atoms with van der Waals surface area (Å²) in [5.41, 5.74) is 2.29. The molecule has 3 aromatic rings. The van der Waals surface area contributed by atoms with Gasteiger partial charge in [0, 0.05) is 11.8 Å². The van der Waals surface area contributed by atoms with E-state index in [4.69, 9.17) is 4.18 Å². The van der Waals surface area contributed by atoms with E-state index < -0.39 is 10.1 Å². The number of nitrogens with zero attached hydrogens (tertiary/aromatic N) is 3. The van der Waals surface area contributed by atoms with Gasteiger partial charge in [-0.3, -0.25) is 0 Å². The number of pyridine rings is 1. The van der Waals surface area contributed by atoms with Crippen LogP contribution >= 0.6 is 0 Å². The fraction of sp³-hybridized carbons (Fsp3) is 0.235. The summed E-state index contributed by atoms with van der Waals surface area (Å²) < 4.78 is 28.2. The largest absolute Gasteiger partial charge is 0.361 e. The number of fused-ring (bicyclic) bond motifs is 1. The number of aromatic nitrogens is 3. The normalized spacial score (nSPS) is 11.8. The van der Waals surface area contributed by atoms with Crippen molar-refractivity contribution >= 4 is 21.2 Å². The van der Waals surface area contributed by atoms with Crippen molar-refractivity contribution in [3.8, 4) is 17.3 Å². The summed E-state index contributed by atoms with van der Waals surface area (Å²) in [7, 11) is -3.71. The fourth-order valence-electron chi connectivity index (χ4n) is 2.47. The van der Waals surface area contributed by atoms with Gasteiger partial charge in [0.25, 0.3) is 0 Å². The summed E-state index contributed by atoms with van der Waals surface area (Å²) in [5.74, 6) is 0.650. The molecule has 0 radical (unpaired) electrons. The molecule has 0 saturated carbocycles. The minimum Gasteiger partial charge on any atom is -0.361 e. The van der Waals surface area contributed by atoms with Gasteiger partial charge in [-0.15, -0.1) is 0 Å². The lowest BCUT2D eigenvalue weighted by Crippen LogP contribution is -2.09. The maximum Gasteiger partial charge on any atom is 0.307 e. The molecule has 1 aromatic carbocycles. The fourth-order valence-corrected chi connectivity index (χ4v) is 2.88. The Kier molecular flexibility index (Phi) is 4.19. The quantitative estimate of drug-likeness (QED) is 0.677. The molecule has 0 fully saturated rings. The standard InChI is InChI=1S/C17H17N3O3S/c1-11(2)12-7-4-5-8-13(12)16-19-15-14(9-6-10-18-15)17(20-16)23-24(3,21)22/h4-11H,1-3H3. The first-order chi connectivity index (χ1) is 11.3. The van der Waals surface area contributed by atoms with Gasteiger partial charge in [-0.2, -0.15) is 13.4 Å². The van der Waals surface area contributed by atoms with Gasteiger partial charge in [0.2, 0.25) is 5.88 Å². The van der Waals surface area contributed by atoms with E-state index in [0.717, 1.165) is 17.4 Å². The molecule has 7 heteroatoms. The van der Waals surface area contributed by atoms with Crippen LogP contribution in [0.5, 0.6) is 5.88 Å². The highest BCUT2D eigenvalue weighted by molar-refractivity contribution is 7.86. The van der Waals surface area contributed by atoms with Crippen molar-refractivity contribution < 1.29 is 12.6 Å². The van der Waals surface area contributed by atoms with Crippen LogP contribution in [-0.4, -0.2) is 29.6 Å². The minimum absolute atomic E-state index is 0.0100. The third-order valence-corrected chi connectivity index (χ3v) is 3.95. The van der Waals surface area contributed by atoms with E-state index in [1.165, 1.54) is 0 Å². The Labute approximate surface area is 140 Å². The summed E-state index contributed by atoms with van der Waals surface area (Å²) in [4.78, 5) is 13.0. The summed E-state index contributed by atoms with van der Waals surface area (Å²) in [6, 6.07) is 11.1. The second-order valence-electron chi connectivity index (χ2n) is 5.76. The first kappa shape index (κ1) is 16.3. The molecule has 3 rings (SSSR count). The molecule has 0 N–H and O–H groups in total. The lowest BCUT2D eigenvalue weighted by molar-refractivity contribution is 0.486. The van der Waals surface area contributed by atoms with Gasteiger partial charge >= 0.3 is 10.1 Å². The monoisotopic (exact) mass is 343 g/mol. The molecule has 2 heterocycles. The molecule has 0 spiro atoms. The maximum absolute atomic E-state index is 11.6. The third-order valence-electron chi connectivity index (χ3n) is 3.49. The van der Waals surface area contributed by atoms with Crippen LogP contribution in [0.3, 0.4) is 0 Å². The molecular formula is C17H17N3O3S. The predicted octanol–water partition coefficient (Wildman–Crippen LogP) is 3.15. The Morgan fingerprint density at radius 3 is 2.50 bits per heavy atom. The van der Waals surface area contributed by atoms with E-state index >= 15 is 0 Å². The number of benzene rings is 1. The van der Waals surface area contributed by atoms with Gasteiger partial charge in [0.1, 0.15) is 0 Å². The highest BCUT2D eigenvalue weighted by atomic mass is 32.2. The Hall–Kier alpha value is -2.54. The van der Waals surface area contributed by atoms with Gasteiger partial charge in [-0.05, 0) is 23.6 Å². The van der Waals surface area contributed by atoms with Crippen molar-refractivity contribution in [3.05, 3.63) is 48.2 Å². The van der Waals surface area contributed by atoms with Gasteiger partial charge in [-0.1, -0.05) is 38.1 Å². The summed E-state index contributed by atoms with van der Waals surface area (Å²) in [6.45, 7) is 4.15. The first-order valence-corrected chi connectivity index (χ1v) is 9.28. The van der Waals surface area contributed by atoms with Crippen molar-refractivity contribution in [2.45, 2.75) is 19.8 Å². The van der Waals surface area contributed by atoms with Crippen molar-refractivity contribution in [1.29, 1.82) is 0 Å². The molecule has 0 aliphatic carbocycles. The molecule has 0 aliphatic heterocycles. The summed E-state index contributed by atoms with van der Waals surface area (Å²) >= 11 is 0. The molecule has 0 atom stereocenters. The predicted molar refractivity (Wildman–Crippen MR) is 92.3 cm³/mol. The van der Waals surface area contributed by atoms with Crippen LogP contribution in [-0.2, 0) is 10.1 Å². The average molecular weight is 343 g/mol. The highest BCUT2D eigenvalue weighted by Gasteiger charge is 2.17. The van der Waals surface area contributed by atoms with Crippen molar-refractivity contribution in [1.82, 2.24) is 15.0 Å². The number of hydrogen-bond donors (Lipinski definition) is 0. The molecular weight excluding hydrogens is 326 g/mol. The van der Waals surface area contributed by atoms with Gasteiger partial charge in [0.05, 0.1) is 11.6 Å². The van der Waals surface area contributed by atoms with Gasteiger partial charge in [0.15, 0.2) is 11.5 Å². The Bertz CT molecular complexity index is 1000. The second kappa shape index (κ2) is 6.16. The molecule has 0 aliphatic rings. The average Bonchev–Trinajstić information content (AvgIpc) is 2.53. The van der Waals surface area contributed by atoms with Crippen molar-refractivity contribution in [2.24, 2.45) is 0 Å². The smallest absolute Gasteiger partial charge is 0.307 e. The van der Waals surface area contributed by atoms with E-state index in [0.29, 0.717) is 16.9 Å². The second-order valence-corrected chi connectivity index (χ2v) is 7.33. The van der Waals surface area contributed by atoms with E-state index in [9.17, 15) is 8.42 Å². The summed E-state index contributed by atoms with van der Waals surface area (Å²) in [5, 5.41) is 0.453. The van der Waals surface area contributed by atoms with Gasteiger partial charge < -0.3 is 4.18 Å².